The lowest BCUT2D eigenvalue weighted by atomic mass is 10.1. The zero-order chi connectivity index (χ0) is 23.5. The van der Waals surface area contributed by atoms with E-state index < -0.39 is 21.9 Å². The van der Waals surface area contributed by atoms with E-state index in [9.17, 15) is 18.0 Å². The van der Waals surface area contributed by atoms with Gasteiger partial charge in [-0.15, -0.1) is 0 Å². The molecule has 0 aliphatic carbocycles. The minimum absolute atomic E-state index is 0.0237. The Kier molecular flexibility index (Phi) is 6.54. The molecule has 168 valence electrons. The Morgan fingerprint density at radius 1 is 0.938 bits per heavy atom. The molecule has 0 aliphatic heterocycles. The van der Waals surface area contributed by atoms with Gasteiger partial charge in [0.15, 0.2) is 0 Å². The fourth-order valence-electron chi connectivity index (χ4n) is 3.16. The topological polar surface area (TPSA) is 124 Å². The number of carbonyl (C=O) groups excluding carboxylic acids is 2. The average Bonchev–Trinajstić information content (AvgIpc) is 3.08. The summed E-state index contributed by atoms with van der Waals surface area (Å²) in [4.78, 5) is 24.6. The molecule has 10 heteroatoms. The molecule has 0 fully saturated rings. The Balaban J connectivity index is 1.94. The summed E-state index contributed by atoms with van der Waals surface area (Å²) in [6, 6.07) is 12.8. The van der Waals surface area contributed by atoms with Gasteiger partial charge in [0.25, 0.3) is 15.9 Å². The van der Waals surface area contributed by atoms with Crippen molar-refractivity contribution in [2.75, 3.05) is 24.3 Å². The summed E-state index contributed by atoms with van der Waals surface area (Å²) >= 11 is 0. The smallest absolute Gasteiger partial charge is 0.342 e. The summed E-state index contributed by atoms with van der Waals surface area (Å²) in [7, 11) is -1.61. The monoisotopic (exact) mass is 458 g/mol. The molecule has 0 saturated heterocycles. The third-order valence-corrected chi connectivity index (χ3v) is 6.14. The number of hydrogen-bond acceptors (Lipinski definition) is 7. The maximum atomic E-state index is 13.2. The van der Waals surface area contributed by atoms with Crippen LogP contribution in [0.5, 0.6) is 5.75 Å². The fraction of sp³-hybridized carbons (Fsp3) is 0.182. The van der Waals surface area contributed by atoms with Crippen LogP contribution in [0.4, 0.5) is 11.4 Å². The molecule has 0 saturated carbocycles. The highest BCUT2D eigenvalue weighted by Gasteiger charge is 2.32. The first-order valence-electron chi connectivity index (χ1n) is 9.43. The van der Waals surface area contributed by atoms with Crippen LogP contribution in [-0.2, 0) is 14.8 Å². The van der Waals surface area contributed by atoms with Gasteiger partial charge in [-0.05, 0) is 50.2 Å². The number of ether oxygens (including phenoxy) is 2. The second-order valence-corrected chi connectivity index (χ2v) is 8.36. The van der Waals surface area contributed by atoms with Crippen LogP contribution in [0.25, 0.3) is 0 Å². The number of amides is 1. The van der Waals surface area contributed by atoms with E-state index in [1.165, 1.54) is 33.1 Å². The predicted molar refractivity (Wildman–Crippen MR) is 118 cm³/mol. The van der Waals surface area contributed by atoms with Gasteiger partial charge in [0, 0.05) is 5.69 Å². The number of carbonyl (C=O) groups is 2. The quantitative estimate of drug-likeness (QED) is 0.517. The molecular weight excluding hydrogens is 436 g/mol. The maximum absolute atomic E-state index is 13.2. The Bertz CT molecular complexity index is 1260. The van der Waals surface area contributed by atoms with Crippen LogP contribution in [0.1, 0.15) is 32.2 Å². The van der Waals surface area contributed by atoms with Gasteiger partial charge in [0.1, 0.15) is 27.7 Å². The molecule has 2 aromatic carbocycles. The van der Waals surface area contributed by atoms with E-state index in [1.807, 2.05) is 0 Å². The molecule has 0 aliphatic rings. The van der Waals surface area contributed by atoms with E-state index in [1.54, 1.807) is 36.4 Å². The highest BCUT2D eigenvalue weighted by molar-refractivity contribution is 7.92. The zero-order valence-corrected chi connectivity index (χ0v) is 18.7. The normalized spacial score (nSPS) is 11.0. The minimum Gasteiger partial charge on any atom is -0.497 e. The summed E-state index contributed by atoms with van der Waals surface area (Å²) in [6.45, 7) is 2.89. The Labute approximate surface area is 185 Å². The van der Waals surface area contributed by atoms with E-state index in [-0.39, 0.29) is 33.2 Å². The highest BCUT2D eigenvalue weighted by Crippen LogP contribution is 2.30. The molecule has 3 aromatic rings. The molecule has 0 bridgehead atoms. The summed E-state index contributed by atoms with van der Waals surface area (Å²) in [5, 5.41) is 2.71. The van der Waals surface area contributed by atoms with Gasteiger partial charge in [-0.2, -0.15) is 0 Å². The number of benzene rings is 2. The zero-order valence-electron chi connectivity index (χ0n) is 17.9. The summed E-state index contributed by atoms with van der Waals surface area (Å²) in [5.74, 6) is -0.605. The molecule has 1 amide bonds. The Morgan fingerprint density at radius 3 is 2.22 bits per heavy atom. The Hall–Kier alpha value is -3.79. The number of rotatable bonds is 7. The number of nitrogens with one attached hydrogen (secondary N) is 2. The molecule has 0 spiro atoms. The number of aryl methyl sites for hydroxylation is 2. The van der Waals surface area contributed by atoms with Crippen molar-refractivity contribution in [3.63, 3.8) is 0 Å². The molecule has 0 unspecified atom stereocenters. The molecule has 9 nitrogen and oxygen atoms in total. The van der Waals surface area contributed by atoms with Gasteiger partial charge in [-0.1, -0.05) is 12.1 Å². The number of sulfonamides is 1. The van der Waals surface area contributed by atoms with Gasteiger partial charge in [0.2, 0.25) is 0 Å². The van der Waals surface area contributed by atoms with Crippen LogP contribution < -0.4 is 14.8 Å². The minimum atomic E-state index is -4.29. The van der Waals surface area contributed by atoms with E-state index in [0.717, 1.165) is 7.11 Å². The second-order valence-electron chi connectivity index (χ2n) is 6.74. The van der Waals surface area contributed by atoms with Crippen molar-refractivity contribution in [2.24, 2.45) is 0 Å². The predicted octanol–water partition coefficient (Wildman–Crippen LogP) is 3.74. The molecule has 1 heterocycles. The molecule has 1 aromatic heterocycles. The first-order chi connectivity index (χ1) is 15.2. The van der Waals surface area contributed by atoms with Gasteiger partial charge in [-0.3, -0.25) is 9.52 Å². The number of para-hydroxylation sites is 1. The van der Waals surface area contributed by atoms with Crippen molar-refractivity contribution < 1.29 is 31.9 Å². The van der Waals surface area contributed by atoms with Gasteiger partial charge in [0.05, 0.1) is 25.5 Å². The van der Waals surface area contributed by atoms with E-state index in [4.69, 9.17) is 13.9 Å². The van der Waals surface area contributed by atoms with Gasteiger partial charge >= 0.3 is 5.97 Å². The Morgan fingerprint density at radius 2 is 1.59 bits per heavy atom. The van der Waals surface area contributed by atoms with Crippen molar-refractivity contribution in [3.05, 3.63) is 71.2 Å². The number of methoxy groups -OCH3 is 2. The van der Waals surface area contributed by atoms with E-state index in [2.05, 4.69) is 10.0 Å². The van der Waals surface area contributed by atoms with Crippen LogP contribution >= 0.6 is 0 Å². The lowest BCUT2D eigenvalue weighted by Gasteiger charge is -2.13. The lowest BCUT2D eigenvalue weighted by molar-refractivity contribution is 0.0594. The van der Waals surface area contributed by atoms with Crippen molar-refractivity contribution >= 4 is 33.3 Å². The third kappa shape index (κ3) is 4.59. The van der Waals surface area contributed by atoms with Crippen molar-refractivity contribution in [1.29, 1.82) is 0 Å². The molecule has 3 rings (SSSR count). The first kappa shape index (κ1) is 22.9. The molecule has 2 N–H and O–H groups in total. The number of esters is 1. The van der Waals surface area contributed by atoms with Crippen molar-refractivity contribution in [1.82, 2.24) is 0 Å². The van der Waals surface area contributed by atoms with Crippen molar-refractivity contribution in [2.45, 2.75) is 18.7 Å². The van der Waals surface area contributed by atoms with Crippen LogP contribution in [0.15, 0.2) is 57.8 Å². The van der Waals surface area contributed by atoms with Crippen LogP contribution in [0.2, 0.25) is 0 Å². The molecule has 32 heavy (non-hydrogen) atoms. The summed E-state index contributed by atoms with van der Waals surface area (Å²) in [6.07, 6.45) is 0. The maximum Gasteiger partial charge on any atom is 0.342 e. The molecule has 0 atom stereocenters. The largest absolute Gasteiger partial charge is 0.497 e. The number of hydrogen-bond donors (Lipinski definition) is 2. The van der Waals surface area contributed by atoms with Gasteiger partial charge < -0.3 is 19.2 Å². The van der Waals surface area contributed by atoms with E-state index >= 15 is 0 Å². The van der Waals surface area contributed by atoms with Crippen LogP contribution in [-0.4, -0.2) is 34.5 Å². The van der Waals surface area contributed by atoms with Crippen molar-refractivity contribution in [3.8, 4) is 5.75 Å². The molecular formula is C22H22N2O7S. The second kappa shape index (κ2) is 9.15. The van der Waals surface area contributed by atoms with E-state index in [0.29, 0.717) is 11.4 Å². The molecule has 0 radical (unpaired) electrons. The van der Waals surface area contributed by atoms with Gasteiger partial charge in [-0.25, -0.2) is 13.2 Å². The lowest BCUT2D eigenvalue weighted by Crippen LogP contribution is -2.20. The summed E-state index contributed by atoms with van der Waals surface area (Å²) in [5.41, 5.74) is 0.428. The average molecular weight is 458 g/mol. The highest BCUT2D eigenvalue weighted by atomic mass is 32.2. The SMILES string of the molecule is COC(=O)c1c(C)oc(C)c1S(=O)(=O)Nc1ccccc1C(=O)Nc1ccc(OC)cc1. The first-order valence-corrected chi connectivity index (χ1v) is 10.9. The van der Waals surface area contributed by atoms with Crippen LogP contribution in [0.3, 0.4) is 0 Å². The summed E-state index contributed by atoms with van der Waals surface area (Å²) < 4.78 is 43.8. The third-order valence-electron chi connectivity index (χ3n) is 4.63. The fourth-order valence-corrected chi connectivity index (χ4v) is 4.65. The standard InChI is InChI=1S/C22H22N2O7S/c1-13-19(22(26)30-4)20(14(2)31-13)32(27,28)24-18-8-6-5-7-17(18)21(25)23-15-9-11-16(29-3)12-10-15/h5-12,24H,1-4H3,(H,23,25). The van der Waals surface area contributed by atoms with Crippen LogP contribution in [0, 0.1) is 13.8 Å². The number of anilines is 2. The number of furan rings is 1.